The molecule has 1 aromatic heterocycles. The highest BCUT2D eigenvalue weighted by molar-refractivity contribution is 6.08. The Kier molecular flexibility index (Phi) is 5.12. The number of aryl methyl sites for hydroxylation is 1. The molecule has 1 amide bonds. The van der Waals surface area contributed by atoms with Crippen LogP contribution in [0.25, 0.3) is 21.8 Å². The quantitative estimate of drug-likeness (QED) is 0.430. The van der Waals surface area contributed by atoms with Gasteiger partial charge >= 0.3 is 0 Å². The summed E-state index contributed by atoms with van der Waals surface area (Å²) in [6, 6.07) is 22.9. The van der Waals surface area contributed by atoms with Crippen LogP contribution in [-0.2, 0) is 11.3 Å². The van der Waals surface area contributed by atoms with E-state index >= 15 is 0 Å². The van der Waals surface area contributed by atoms with Crippen LogP contribution in [0, 0.1) is 0 Å². The molecule has 5 nitrogen and oxygen atoms in total. The summed E-state index contributed by atoms with van der Waals surface area (Å²) in [7, 11) is 1.69. The van der Waals surface area contributed by atoms with Gasteiger partial charge in [0.05, 0.1) is 5.56 Å². The number of methoxy groups -OCH3 is 1. The fourth-order valence-electron chi connectivity index (χ4n) is 4.75. The Bertz CT molecular complexity index is 1260. The Hall–Kier alpha value is -3.31. The number of carbonyl (C=O) groups excluding carboxylic acids is 1. The van der Waals surface area contributed by atoms with Crippen LogP contribution in [-0.4, -0.2) is 35.6 Å². The van der Waals surface area contributed by atoms with E-state index in [0.29, 0.717) is 13.2 Å². The second-order valence-electron chi connectivity index (χ2n) is 7.98. The van der Waals surface area contributed by atoms with Crippen LogP contribution < -0.4 is 5.32 Å². The Balaban J connectivity index is 1.62. The van der Waals surface area contributed by atoms with Gasteiger partial charge in [-0.25, -0.2) is 0 Å². The van der Waals surface area contributed by atoms with Gasteiger partial charge in [-0.15, -0.1) is 0 Å². The van der Waals surface area contributed by atoms with Crippen LogP contribution in [0.4, 0.5) is 5.69 Å². The maximum absolute atomic E-state index is 13.4. The largest absolute Gasteiger partial charge is 0.385 e. The molecule has 158 valence electrons. The van der Waals surface area contributed by atoms with Crippen molar-refractivity contribution in [3.8, 4) is 0 Å². The normalized spacial score (nSPS) is 16.0. The number of benzene rings is 3. The summed E-state index contributed by atoms with van der Waals surface area (Å²) in [5.41, 5.74) is 5.16. The number of nitrogens with one attached hydrogen (secondary N) is 1. The van der Waals surface area contributed by atoms with E-state index in [2.05, 4.69) is 59.3 Å². The van der Waals surface area contributed by atoms with E-state index in [1.54, 1.807) is 7.11 Å². The van der Waals surface area contributed by atoms with E-state index in [9.17, 15) is 4.79 Å². The van der Waals surface area contributed by atoms with Gasteiger partial charge in [-0.2, -0.15) is 0 Å². The summed E-state index contributed by atoms with van der Waals surface area (Å²) in [6.07, 6.45) is 0.576. The zero-order valence-corrected chi connectivity index (χ0v) is 18.0. The van der Waals surface area contributed by atoms with E-state index in [0.717, 1.165) is 29.8 Å². The maximum Gasteiger partial charge on any atom is 0.257 e. The fourth-order valence-corrected chi connectivity index (χ4v) is 4.75. The lowest BCUT2D eigenvalue weighted by Gasteiger charge is -2.38. The number of para-hydroxylation sites is 2. The number of ether oxygens (including phenoxy) is 1. The fraction of sp³-hybridized carbons (Fsp3) is 0.269. The Labute approximate surface area is 182 Å². The van der Waals surface area contributed by atoms with Crippen LogP contribution in [0.3, 0.4) is 0 Å². The topological polar surface area (TPSA) is 46.5 Å². The van der Waals surface area contributed by atoms with Gasteiger partial charge in [0.15, 0.2) is 0 Å². The average molecular weight is 414 g/mol. The number of nitrogens with zero attached hydrogens (tertiary/aromatic N) is 2. The maximum atomic E-state index is 13.4. The molecule has 0 spiro atoms. The molecule has 2 heterocycles. The number of aromatic nitrogens is 1. The Morgan fingerprint density at radius 2 is 1.74 bits per heavy atom. The van der Waals surface area contributed by atoms with Crippen LogP contribution >= 0.6 is 0 Å². The van der Waals surface area contributed by atoms with Crippen molar-refractivity contribution in [1.29, 1.82) is 0 Å². The predicted octanol–water partition coefficient (Wildman–Crippen LogP) is 5.42. The van der Waals surface area contributed by atoms with Gasteiger partial charge in [0.1, 0.15) is 6.17 Å². The number of carbonyl (C=O) groups is 1. The molecule has 0 bridgehead atoms. The average Bonchev–Trinajstić information content (AvgIpc) is 3.13. The summed E-state index contributed by atoms with van der Waals surface area (Å²) in [5.74, 6) is 0.0616. The van der Waals surface area contributed by atoms with Crippen LogP contribution in [0.2, 0.25) is 0 Å². The van der Waals surface area contributed by atoms with Crippen LogP contribution in [0.5, 0.6) is 0 Å². The minimum absolute atomic E-state index is 0.0616. The standard InChI is InChI=1S/C26H27N3O2/c1-3-28-23-12-7-5-9-19(23)21-17-18(13-14-24(21)28)25-27-22-11-6-4-10-20(22)26(30)29(25)15-8-16-31-2/h4-7,9-14,17,25,27H,3,8,15-16H2,1-2H3. The molecule has 31 heavy (non-hydrogen) atoms. The first-order valence-corrected chi connectivity index (χ1v) is 10.9. The number of rotatable bonds is 6. The third kappa shape index (κ3) is 3.26. The number of anilines is 1. The zero-order valence-electron chi connectivity index (χ0n) is 18.0. The number of hydrogen-bond donors (Lipinski definition) is 1. The summed E-state index contributed by atoms with van der Waals surface area (Å²) >= 11 is 0. The molecule has 3 aromatic carbocycles. The molecule has 1 aliphatic rings. The highest BCUT2D eigenvalue weighted by Crippen LogP contribution is 2.36. The molecule has 0 saturated heterocycles. The Morgan fingerprint density at radius 1 is 0.968 bits per heavy atom. The van der Waals surface area contributed by atoms with Crippen molar-refractivity contribution in [1.82, 2.24) is 9.47 Å². The minimum Gasteiger partial charge on any atom is -0.385 e. The zero-order chi connectivity index (χ0) is 21.4. The van der Waals surface area contributed by atoms with E-state index < -0.39 is 0 Å². The molecule has 0 radical (unpaired) electrons. The summed E-state index contributed by atoms with van der Waals surface area (Å²) in [5, 5.41) is 6.08. The first-order chi connectivity index (χ1) is 15.2. The minimum atomic E-state index is -0.215. The smallest absolute Gasteiger partial charge is 0.257 e. The number of fused-ring (bicyclic) bond motifs is 4. The van der Waals surface area contributed by atoms with Gasteiger partial charge < -0.3 is 19.5 Å². The lowest BCUT2D eigenvalue weighted by molar-refractivity contribution is 0.0660. The second-order valence-corrected chi connectivity index (χ2v) is 7.98. The predicted molar refractivity (Wildman–Crippen MR) is 125 cm³/mol. The highest BCUT2D eigenvalue weighted by atomic mass is 16.5. The lowest BCUT2D eigenvalue weighted by Crippen LogP contribution is -2.43. The summed E-state index contributed by atoms with van der Waals surface area (Å²) in [6.45, 7) is 4.35. The van der Waals surface area contributed by atoms with Crippen molar-refractivity contribution in [3.63, 3.8) is 0 Å². The summed E-state index contributed by atoms with van der Waals surface area (Å²) in [4.78, 5) is 15.3. The van der Waals surface area contributed by atoms with Gasteiger partial charge in [0.25, 0.3) is 5.91 Å². The molecule has 0 aliphatic carbocycles. The van der Waals surface area contributed by atoms with E-state index in [-0.39, 0.29) is 12.1 Å². The monoisotopic (exact) mass is 413 g/mol. The van der Waals surface area contributed by atoms with Crippen molar-refractivity contribution in [2.75, 3.05) is 25.6 Å². The van der Waals surface area contributed by atoms with Crippen molar-refractivity contribution >= 4 is 33.4 Å². The Morgan fingerprint density at radius 3 is 2.58 bits per heavy atom. The van der Waals surface area contributed by atoms with Crippen molar-refractivity contribution in [2.45, 2.75) is 26.1 Å². The molecular weight excluding hydrogens is 386 g/mol. The van der Waals surface area contributed by atoms with Gasteiger partial charge in [-0.3, -0.25) is 4.79 Å². The highest BCUT2D eigenvalue weighted by Gasteiger charge is 2.32. The molecular formula is C26H27N3O2. The number of amides is 1. The van der Waals surface area contributed by atoms with E-state index in [4.69, 9.17) is 4.74 Å². The molecule has 1 atom stereocenters. The SMILES string of the molecule is CCn1c2ccccc2c2cc(C3Nc4ccccc4C(=O)N3CCCOC)ccc21. The van der Waals surface area contributed by atoms with Crippen LogP contribution in [0.15, 0.2) is 66.7 Å². The second kappa shape index (κ2) is 8.08. The molecule has 1 N–H and O–H groups in total. The van der Waals surface area contributed by atoms with Gasteiger partial charge in [-0.05, 0) is 49.2 Å². The molecule has 1 unspecified atom stereocenters. The first kappa shape index (κ1) is 19.6. The van der Waals surface area contributed by atoms with Crippen LogP contribution in [0.1, 0.15) is 35.4 Å². The lowest BCUT2D eigenvalue weighted by atomic mass is 10.0. The number of hydrogen-bond acceptors (Lipinski definition) is 3. The molecule has 5 rings (SSSR count). The molecule has 0 saturated carbocycles. The first-order valence-electron chi connectivity index (χ1n) is 10.9. The van der Waals surface area contributed by atoms with Gasteiger partial charge in [-0.1, -0.05) is 36.4 Å². The third-order valence-corrected chi connectivity index (χ3v) is 6.20. The van der Waals surface area contributed by atoms with Gasteiger partial charge in [0, 0.05) is 54.3 Å². The van der Waals surface area contributed by atoms with E-state index in [1.165, 1.54) is 21.8 Å². The molecule has 1 aliphatic heterocycles. The van der Waals surface area contributed by atoms with E-state index in [1.807, 2.05) is 29.2 Å². The van der Waals surface area contributed by atoms with Gasteiger partial charge in [0.2, 0.25) is 0 Å². The third-order valence-electron chi connectivity index (χ3n) is 6.20. The van der Waals surface area contributed by atoms with Crippen molar-refractivity contribution < 1.29 is 9.53 Å². The summed E-state index contributed by atoms with van der Waals surface area (Å²) < 4.78 is 7.59. The molecule has 5 heteroatoms. The van der Waals surface area contributed by atoms with Crippen molar-refractivity contribution in [2.24, 2.45) is 0 Å². The molecule has 0 fully saturated rings. The molecule has 4 aromatic rings. The van der Waals surface area contributed by atoms with Crippen molar-refractivity contribution in [3.05, 3.63) is 77.9 Å².